The average molecular weight is 638 g/mol. The highest BCUT2D eigenvalue weighted by molar-refractivity contribution is 6.57. The van der Waals surface area contributed by atoms with E-state index in [1.54, 1.807) is 6.08 Å². The number of aryl methyl sites for hydroxylation is 3. The fourth-order valence-corrected chi connectivity index (χ4v) is 7.65. The number of carbonyl (C=O) groups excluding carboxylic acids is 2. The number of hydrogen-bond acceptors (Lipinski definition) is 3. The molecule has 1 aromatic heterocycles. The Kier molecular flexibility index (Phi) is 6.94. The van der Waals surface area contributed by atoms with Gasteiger partial charge in [0.2, 0.25) is 0 Å². The number of rotatable bonds is 3. The van der Waals surface area contributed by atoms with Crippen molar-refractivity contribution in [2.24, 2.45) is 0 Å². The van der Waals surface area contributed by atoms with Crippen LogP contribution in [0, 0.1) is 20.8 Å². The van der Waals surface area contributed by atoms with E-state index in [2.05, 4.69) is 93.5 Å². The lowest BCUT2D eigenvalue weighted by molar-refractivity contribution is 0.0990. The van der Waals surface area contributed by atoms with Crippen molar-refractivity contribution in [1.29, 1.82) is 0 Å². The number of ketones is 2. The molecule has 3 aromatic carbocycles. The lowest BCUT2D eigenvalue weighted by Gasteiger charge is -2.42. The molecular weight excluding hydrogens is 610 g/mol. The van der Waals surface area contributed by atoms with Crippen molar-refractivity contribution in [3.63, 3.8) is 0 Å². The highest BCUT2D eigenvalue weighted by Crippen LogP contribution is 2.54. The fraction of sp³-hybridized carbons (Fsp3) is 0.235. The third-order valence-electron chi connectivity index (χ3n) is 8.48. The average Bonchev–Trinajstić information content (AvgIpc) is 3.43. The summed E-state index contributed by atoms with van der Waals surface area (Å²) in [5.74, 6) is -0.0421. The van der Waals surface area contributed by atoms with Crippen LogP contribution in [0.25, 0.3) is 6.08 Å². The molecule has 6 rings (SSSR count). The fourth-order valence-electron chi connectivity index (χ4n) is 6.63. The molecule has 0 unspecified atom stereocenters. The highest BCUT2D eigenvalue weighted by atomic mass is 35.5. The van der Waals surface area contributed by atoms with Crippen LogP contribution in [0.3, 0.4) is 0 Å². The zero-order valence-electron chi connectivity index (χ0n) is 24.0. The molecule has 4 nitrogen and oxygen atoms in total. The molecule has 0 bridgehead atoms. The van der Waals surface area contributed by atoms with Crippen molar-refractivity contribution >= 4 is 81.2 Å². The third kappa shape index (κ3) is 3.96. The van der Waals surface area contributed by atoms with Crippen LogP contribution in [0.2, 0.25) is 20.1 Å². The van der Waals surface area contributed by atoms with E-state index in [0.717, 1.165) is 39.6 Å². The quantitative estimate of drug-likeness (QED) is 0.0971. The van der Waals surface area contributed by atoms with Crippen LogP contribution < -0.4 is 4.90 Å². The predicted molar refractivity (Wildman–Crippen MR) is 174 cm³/mol. The van der Waals surface area contributed by atoms with E-state index in [-0.39, 0.29) is 42.2 Å². The maximum Gasteiger partial charge on any atom is 0.199 e. The number of aromatic nitrogens is 1. The number of hydrogen-bond donors (Lipinski definition) is 0. The molecule has 0 fully saturated rings. The van der Waals surface area contributed by atoms with E-state index in [1.807, 2.05) is 0 Å². The number of nitrogens with zero attached hydrogens (tertiary/aromatic N) is 2. The second kappa shape index (κ2) is 10.0. The second-order valence-corrected chi connectivity index (χ2v) is 13.0. The second-order valence-electron chi connectivity index (χ2n) is 11.5. The largest absolute Gasteiger partial charge is 0.327 e. The van der Waals surface area contributed by atoms with Crippen LogP contribution in [0.5, 0.6) is 0 Å². The minimum atomic E-state index is -0.521. The Labute approximate surface area is 265 Å². The molecule has 4 aromatic rings. The van der Waals surface area contributed by atoms with Crippen molar-refractivity contribution in [1.82, 2.24) is 4.57 Å². The van der Waals surface area contributed by atoms with E-state index < -0.39 is 11.6 Å². The molecule has 1 aliphatic heterocycles. The zero-order valence-corrected chi connectivity index (χ0v) is 27.1. The molecule has 2 aliphatic rings. The smallest absolute Gasteiger partial charge is 0.199 e. The van der Waals surface area contributed by atoms with E-state index in [0.29, 0.717) is 6.54 Å². The molecule has 0 spiro atoms. The van der Waals surface area contributed by atoms with Gasteiger partial charge in [-0.05, 0) is 62.6 Å². The number of para-hydroxylation sites is 1. The van der Waals surface area contributed by atoms with Gasteiger partial charge >= 0.3 is 0 Å². The van der Waals surface area contributed by atoms with Gasteiger partial charge in [-0.1, -0.05) is 96.1 Å². The summed E-state index contributed by atoms with van der Waals surface area (Å²) in [4.78, 5) is 29.6. The minimum Gasteiger partial charge on any atom is -0.327 e. The summed E-state index contributed by atoms with van der Waals surface area (Å²) < 4.78 is 2.16. The Balaban J connectivity index is 1.63. The van der Waals surface area contributed by atoms with Crippen molar-refractivity contribution < 1.29 is 9.59 Å². The van der Waals surface area contributed by atoms with Gasteiger partial charge in [0.1, 0.15) is 5.82 Å². The van der Waals surface area contributed by atoms with Gasteiger partial charge in [-0.2, -0.15) is 0 Å². The molecular formula is C34H28Cl4N2O2. The first-order valence-corrected chi connectivity index (χ1v) is 15.2. The van der Waals surface area contributed by atoms with Crippen LogP contribution in [0.1, 0.15) is 75.0 Å². The van der Waals surface area contributed by atoms with Crippen LogP contribution in [-0.4, -0.2) is 16.1 Å². The standard InChI is InChI=1S/C34H28Cl4N2O2/c1-7-39-19(14-20-31(41)24-25(32(20)42)27(36)29(38)28(37)26(24)35)15-22-33(39)40(30-17(3)12-16(2)13-18(30)4)23-11-9-8-10-21(23)34(22,5)6/h8-15H,7H2,1-6H3. The Hall–Kier alpha value is -3.02. The molecule has 214 valence electrons. The molecule has 42 heavy (non-hydrogen) atoms. The Morgan fingerprint density at radius 3 is 1.88 bits per heavy atom. The van der Waals surface area contributed by atoms with Gasteiger partial charge in [-0.15, -0.1) is 0 Å². The Morgan fingerprint density at radius 2 is 1.33 bits per heavy atom. The molecule has 0 radical (unpaired) electrons. The highest BCUT2D eigenvalue weighted by Gasteiger charge is 2.42. The third-order valence-corrected chi connectivity index (χ3v) is 10.3. The van der Waals surface area contributed by atoms with Gasteiger partial charge in [-0.3, -0.25) is 14.5 Å². The van der Waals surface area contributed by atoms with Crippen molar-refractivity contribution in [2.75, 3.05) is 4.90 Å². The number of allylic oxidation sites excluding steroid dienone is 1. The number of carbonyl (C=O) groups is 2. The molecule has 8 heteroatoms. The van der Waals surface area contributed by atoms with E-state index in [1.165, 1.54) is 11.1 Å². The topological polar surface area (TPSA) is 42.3 Å². The molecule has 0 amide bonds. The lowest BCUT2D eigenvalue weighted by atomic mass is 9.75. The molecule has 0 saturated heterocycles. The van der Waals surface area contributed by atoms with Gasteiger partial charge in [0, 0.05) is 23.2 Å². The summed E-state index contributed by atoms with van der Waals surface area (Å²) in [6.45, 7) is 13.4. The number of benzene rings is 3. The maximum atomic E-state index is 13.7. The van der Waals surface area contributed by atoms with Crippen molar-refractivity contribution in [2.45, 2.75) is 53.5 Å². The van der Waals surface area contributed by atoms with E-state index in [4.69, 9.17) is 46.4 Å². The van der Waals surface area contributed by atoms with Gasteiger partial charge in [0.15, 0.2) is 11.6 Å². The zero-order chi connectivity index (χ0) is 30.4. The molecule has 0 saturated carbocycles. The van der Waals surface area contributed by atoms with Crippen molar-refractivity contribution in [3.8, 4) is 0 Å². The van der Waals surface area contributed by atoms with Crippen LogP contribution in [0.4, 0.5) is 17.2 Å². The van der Waals surface area contributed by atoms with Gasteiger partial charge in [0.05, 0.1) is 48.2 Å². The summed E-state index contributed by atoms with van der Waals surface area (Å²) in [5.41, 5.74) is 8.33. The summed E-state index contributed by atoms with van der Waals surface area (Å²) >= 11 is 25.3. The molecule has 2 heterocycles. The summed E-state index contributed by atoms with van der Waals surface area (Å²) in [5, 5.41) is -0.228. The van der Waals surface area contributed by atoms with Gasteiger partial charge in [0.25, 0.3) is 0 Å². The van der Waals surface area contributed by atoms with Crippen LogP contribution >= 0.6 is 46.4 Å². The maximum absolute atomic E-state index is 13.7. The van der Waals surface area contributed by atoms with Crippen LogP contribution in [-0.2, 0) is 12.0 Å². The first kappa shape index (κ1) is 29.1. The number of Topliss-reactive ketones (excluding diaryl/α,β-unsaturated/α-hetero) is 2. The van der Waals surface area contributed by atoms with Gasteiger partial charge in [-0.25, -0.2) is 0 Å². The Bertz CT molecular complexity index is 1840. The summed E-state index contributed by atoms with van der Waals surface area (Å²) in [7, 11) is 0. The monoisotopic (exact) mass is 636 g/mol. The molecule has 0 atom stereocenters. The Morgan fingerprint density at radius 1 is 0.786 bits per heavy atom. The first-order chi connectivity index (χ1) is 19.8. The lowest BCUT2D eigenvalue weighted by Crippen LogP contribution is -2.31. The predicted octanol–water partition coefficient (Wildman–Crippen LogP) is 10.6. The minimum absolute atomic E-state index is 0.00745. The summed E-state index contributed by atoms with van der Waals surface area (Å²) in [6.07, 6.45) is 1.65. The molecule has 0 N–H and O–H groups in total. The number of anilines is 3. The SMILES string of the molecule is CCn1c(C=C2C(=O)c3c(Cl)c(Cl)c(Cl)c(Cl)c3C2=O)cc2c1N(c1c(C)cc(C)cc1C)c1ccccc1C2(C)C. The number of fused-ring (bicyclic) bond motifs is 3. The number of halogens is 4. The van der Waals surface area contributed by atoms with Gasteiger partial charge < -0.3 is 4.57 Å². The van der Waals surface area contributed by atoms with E-state index >= 15 is 0 Å². The summed E-state index contributed by atoms with van der Waals surface area (Å²) in [6, 6.07) is 14.9. The van der Waals surface area contributed by atoms with Crippen molar-refractivity contribution in [3.05, 3.63) is 113 Å². The van der Waals surface area contributed by atoms with Crippen LogP contribution in [0.15, 0.2) is 48.0 Å². The normalized spacial score (nSPS) is 15.2. The first-order valence-electron chi connectivity index (χ1n) is 13.7. The van der Waals surface area contributed by atoms with E-state index in [9.17, 15) is 9.59 Å². The molecule has 1 aliphatic carbocycles.